The molecule has 4 aliphatic rings. The number of carbonyl (C=O) groups is 2. The number of benzene rings is 2. The molecular weight excluding hydrogens is 592 g/mol. The summed E-state index contributed by atoms with van der Waals surface area (Å²) < 4.78 is 33.9. The van der Waals surface area contributed by atoms with E-state index >= 15 is 0 Å². The first-order chi connectivity index (χ1) is 21.7. The highest BCUT2D eigenvalue weighted by Gasteiger charge is 2.47. The molecule has 0 radical (unpaired) electrons. The summed E-state index contributed by atoms with van der Waals surface area (Å²) in [6.07, 6.45) is -5.85. The van der Waals surface area contributed by atoms with Crippen molar-refractivity contribution < 1.29 is 63.5 Å². The van der Waals surface area contributed by atoms with E-state index in [1.54, 1.807) is 37.3 Å². The van der Waals surface area contributed by atoms with Gasteiger partial charge in [-0.2, -0.15) is 0 Å². The van der Waals surface area contributed by atoms with Crippen LogP contribution in [0.15, 0.2) is 65.9 Å². The van der Waals surface area contributed by atoms with Gasteiger partial charge in [0, 0.05) is 24.3 Å². The number of allylic oxidation sites excluding steroid dienone is 1. The molecule has 0 unspecified atom stereocenters. The predicted octanol–water partition coefficient (Wildman–Crippen LogP) is 1.38. The maximum absolute atomic E-state index is 13.3. The molecule has 242 valence electrons. The molecule has 0 saturated carbocycles. The van der Waals surface area contributed by atoms with E-state index in [9.17, 15) is 35.1 Å². The van der Waals surface area contributed by atoms with Crippen LogP contribution >= 0.6 is 0 Å². The van der Waals surface area contributed by atoms with Gasteiger partial charge in [0.15, 0.2) is 17.8 Å². The first kappa shape index (κ1) is 32.4. The molecule has 13 heteroatoms. The van der Waals surface area contributed by atoms with Crippen LogP contribution in [0.4, 0.5) is 0 Å². The molecule has 2 aromatic rings. The number of phenols is 1. The summed E-state index contributed by atoms with van der Waals surface area (Å²) in [6.45, 7) is 1.01. The number of aliphatic hydroxyl groups is 4. The van der Waals surface area contributed by atoms with Crippen LogP contribution in [0.25, 0.3) is 0 Å². The summed E-state index contributed by atoms with van der Waals surface area (Å²) in [7, 11) is 0. The third-order valence-electron chi connectivity index (χ3n) is 7.87. The second-order valence-corrected chi connectivity index (χ2v) is 10.8. The molecule has 4 bridgehead atoms. The molecule has 13 nitrogen and oxygen atoms in total. The van der Waals surface area contributed by atoms with Gasteiger partial charge in [-0.05, 0) is 42.3 Å². The molecule has 6 rings (SSSR count). The molecule has 1 saturated heterocycles. The number of esters is 2. The van der Waals surface area contributed by atoms with Crippen molar-refractivity contribution in [3.8, 4) is 17.2 Å². The van der Waals surface area contributed by atoms with E-state index in [4.69, 9.17) is 28.4 Å². The summed E-state index contributed by atoms with van der Waals surface area (Å²) in [5.74, 6) is -1.56. The molecule has 0 spiro atoms. The van der Waals surface area contributed by atoms with Gasteiger partial charge in [0.05, 0.1) is 38.1 Å². The van der Waals surface area contributed by atoms with Crippen LogP contribution in [-0.2, 0) is 46.1 Å². The van der Waals surface area contributed by atoms with E-state index in [1.807, 2.05) is 12.1 Å². The Kier molecular flexibility index (Phi) is 10.4. The second-order valence-electron chi connectivity index (χ2n) is 10.8. The molecule has 4 aliphatic heterocycles. The zero-order valence-corrected chi connectivity index (χ0v) is 24.5. The number of phenolic OH excluding ortho intramolecular Hbond substituents is 1. The maximum atomic E-state index is 13.3. The predicted molar refractivity (Wildman–Crippen MR) is 154 cm³/mol. The fourth-order valence-electron chi connectivity index (χ4n) is 5.31. The minimum atomic E-state index is -1.70. The summed E-state index contributed by atoms with van der Waals surface area (Å²) in [6, 6.07) is 12.0. The van der Waals surface area contributed by atoms with Crippen molar-refractivity contribution in [1.29, 1.82) is 0 Å². The Morgan fingerprint density at radius 3 is 2.38 bits per heavy atom. The number of aromatic hydroxyl groups is 1. The Morgan fingerprint density at radius 2 is 1.64 bits per heavy atom. The Bertz CT molecular complexity index is 1420. The SMILES string of the molecule is CC=C1[C@H](O[C@@H]2O[C@H](CO)[C@@H](O)[C@H](O)[C@H]2O)OC=C2C(=O)OCCc3ccc(O)c(c3)Oc3ccc(cc3)CCOC(=O)C[C@H]21. The summed E-state index contributed by atoms with van der Waals surface area (Å²) in [4.78, 5) is 26.3. The zero-order chi connectivity index (χ0) is 32.1. The first-order valence-electron chi connectivity index (χ1n) is 14.6. The molecule has 1 fully saturated rings. The van der Waals surface area contributed by atoms with Crippen molar-refractivity contribution in [3.63, 3.8) is 0 Å². The van der Waals surface area contributed by atoms with Gasteiger partial charge < -0.3 is 54.0 Å². The van der Waals surface area contributed by atoms with Crippen molar-refractivity contribution in [2.45, 2.75) is 63.2 Å². The highest BCUT2D eigenvalue weighted by Crippen LogP contribution is 2.37. The van der Waals surface area contributed by atoms with Crippen LogP contribution in [0.1, 0.15) is 24.5 Å². The number of ether oxygens (including phenoxy) is 6. The van der Waals surface area contributed by atoms with Crippen LogP contribution in [0, 0.1) is 5.92 Å². The van der Waals surface area contributed by atoms with E-state index in [0.717, 1.165) is 17.4 Å². The van der Waals surface area contributed by atoms with Gasteiger partial charge in [0.2, 0.25) is 6.29 Å². The number of hydrogen-bond acceptors (Lipinski definition) is 13. The lowest BCUT2D eigenvalue weighted by atomic mass is 9.86. The molecule has 4 heterocycles. The fraction of sp³-hybridized carbons (Fsp3) is 0.438. The number of hydrogen-bond donors (Lipinski definition) is 5. The van der Waals surface area contributed by atoms with E-state index in [1.165, 1.54) is 6.07 Å². The second kappa shape index (κ2) is 14.4. The number of aliphatic hydroxyl groups excluding tert-OH is 4. The average molecular weight is 629 g/mol. The minimum absolute atomic E-state index is 0.0247. The summed E-state index contributed by atoms with van der Waals surface area (Å²) in [5.41, 5.74) is 1.96. The van der Waals surface area contributed by atoms with Crippen LogP contribution in [-0.4, -0.2) is 94.3 Å². The molecular formula is C32H36O13. The fourth-order valence-corrected chi connectivity index (χ4v) is 5.31. The quantitative estimate of drug-likeness (QED) is 0.242. The van der Waals surface area contributed by atoms with Gasteiger partial charge in [0.25, 0.3) is 0 Å². The van der Waals surface area contributed by atoms with Gasteiger partial charge in [-0.3, -0.25) is 4.79 Å². The molecule has 7 atom stereocenters. The molecule has 2 aromatic carbocycles. The van der Waals surface area contributed by atoms with Crippen molar-refractivity contribution in [2.75, 3.05) is 19.8 Å². The third kappa shape index (κ3) is 7.47. The highest BCUT2D eigenvalue weighted by molar-refractivity contribution is 5.91. The largest absolute Gasteiger partial charge is 0.504 e. The maximum Gasteiger partial charge on any atom is 0.337 e. The number of carbonyl (C=O) groups excluding carboxylic acids is 2. The Balaban J connectivity index is 1.39. The molecule has 5 N–H and O–H groups in total. The lowest BCUT2D eigenvalue weighted by Gasteiger charge is -2.42. The summed E-state index contributed by atoms with van der Waals surface area (Å²) >= 11 is 0. The first-order valence-corrected chi connectivity index (χ1v) is 14.6. The van der Waals surface area contributed by atoms with Crippen LogP contribution in [0.3, 0.4) is 0 Å². The third-order valence-corrected chi connectivity index (χ3v) is 7.87. The normalized spacial score (nSPS) is 30.4. The van der Waals surface area contributed by atoms with Gasteiger partial charge in [-0.15, -0.1) is 0 Å². The monoisotopic (exact) mass is 628 g/mol. The van der Waals surface area contributed by atoms with E-state index in [-0.39, 0.29) is 36.7 Å². The lowest BCUT2D eigenvalue weighted by Crippen LogP contribution is -2.60. The Hall–Kier alpha value is -3.98. The topological polar surface area (TPSA) is 191 Å². The van der Waals surface area contributed by atoms with Crippen molar-refractivity contribution in [3.05, 3.63) is 77.1 Å². The van der Waals surface area contributed by atoms with Crippen LogP contribution in [0.2, 0.25) is 0 Å². The number of rotatable bonds is 3. The number of fused-ring (bicyclic) bond motifs is 9. The van der Waals surface area contributed by atoms with Crippen LogP contribution in [0.5, 0.6) is 17.2 Å². The van der Waals surface area contributed by atoms with Crippen molar-refractivity contribution in [1.82, 2.24) is 0 Å². The lowest BCUT2D eigenvalue weighted by molar-refractivity contribution is -0.327. The Labute approximate surface area is 258 Å². The van der Waals surface area contributed by atoms with E-state index in [2.05, 4.69) is 0 Å². The zero-order valence-electron chi connectivity index (χ0n) is 24.5. The molecule has 0 amide bonds. The van der Waals surface area contributed by atoms with Gasteiger partial charge >= 0.3 is 11.9 Å². The Morgan fingerprint density at radius 1 is 0.933 bits per heavy atom. The van der Waals surface area contributed by atoms with Gasteiger partial charge in [-0.25, -0.2) is 4.79 Å². The molecule has 45 heavy (non-hydrogen) atoms. The van der Waals surface area contributed by atoms with Crippen molar-refractivity contribution >= 4 is 11.9 Å². The average Bonchev–Trinajstić information content (AvgIpc) is 3.03. The minimum Gasteiger partial charge on any atom is -0.504 e. The van der Waals surface area contributed by atoms with E-state index in [0.29, 0.717) is 24.2 Å². The molecule has 0 aromatic heterocycles. The van der Waals surface area contributed by atoms with Gasteiger partial charge in [-0.1, -0.05) is 24.3 Å². The van der Waals surface area contributed by atoms with Crippen LogP contribution < -0.4 is 4.74 Å². The standard InChI is InChI=1S/C32H36O13/c1-2-20-21-14-26(35)40-11-9-17-3-6-19(7-4-17)43-24-13-18(5-8-23(24)34)10-12-41-30(39)22(21)16-42-31(20)45-32-29(38)28(37)27(36)25(15-33)44-32/h2-8,13,16,21,25,27-29,31-34,36-38H,9-12,14-15H2,1H3/t21-,25+,27+,28-,29+,31-,32-/m0/s1. The molecule has 0 aliphatic carbocycles. The van der Waals surface area contributed by atoms with Gasteiger partial charge in [0.1, 0.15) is 30.2 Å². The highest BCUT2D eigenvalue weighted by atomic mass is 16.8. The summed E-state index contributed by atoms with van der Waals surface area (Å²) in [5, 5.41) is 50.6. The van der Waals surface area contributed by atoms with Crippen molar-refractivity contribution in [2.24, 2.45) is 5.92 Å². The van der Waals surface area contributed by atoms with E-state index < -0.39 is 61.5 Å². The smallest absolute Gasteiger partial charge is 0.337 e.